The van der Waals surface area contributed by atoms with Gasteiger partial charge in [0.25, 0.3) is 15.7 Å². The lowest BCUT2D eigenvalue weighted by molar-refractivity contribution is -0.385. The van der Waals surface area contributed by atoms with Crippen molar-refractivity contribution in [3.8, 4) is 5.75 Å². The van der Waals surface area contributed by atoms with Crippen LogP contribution in [-0.4, -0.2) is 45.5 Å². The first-order valence-corrected chi connectivity index (χ1v) is 13.0. The van der Waals surface area contributed by atoms with Crippen molar-refractivity contribution in [3.63, 3.8) is 0 Å². The van der Waals surface area contributed by atoms with Gasteiger partial charge in [-0.05, 0) is 62.4 Å². The molecule has 0 unspecified atom stereocenters. The molecule has 11 nitrogen and oxygen atoms in total. The number of hydrogen-bond acceptors (Lipinski definition) is 8. The number of carbonyl (C=O) groups is 2. The van der Waals surface area contributed by atoms with Gasteiger partial charge in [0, 0.05) is 17.3 Å². The molecule has 38 heavy (non-hydrogen) atoms. The molecular weight excluding hydrogens is 538 g/mol. The first-order chi connectivity index (χ1) is 18.0. The number of nitro benzene ring substituents is 1. The number of amides is 1. The third kappa shape index (κ3) is 6.39. The minimum absolute atomic E-state index is 0.0258. The molecule has 0 saturated carbocycles. The van der Waals surface area contributed by atoms with E-state index in [1.54, 1.807) is 6.92 Å². The minimum atomic E-state index is -4.44. The number of hydrogen-bond donors (Lipinski definition) is 1. The standard InChI is InChI=1S/C25H24ClN3O8S/c1-4-37-25(31)21-13-17(6-12-22(21)26)27-24(30)15-28(18-7-9-19(36-3)10-8-18)38(34,35)20-11-5-16(2)23(14-20)29(32)33/h5-14H,4,15H2,1-3H3,(H,27,30). The summed E-state index contributed by atoms with van der Waals surface area (Å²) in [6.45, 7) is 2.56. The molecule has 0 atom stereocenters. The van der Waals surface area contributed by atoms with E-state index in [1.807, 2.05) is 0 Å². The molecule has 200 valence electrons. The van der Waals surface area contributed by atoms with Crippen LogP contribution in [0.2, 0.25) is 5.02 Å². The number of nitro groups is 1. The first-order valence-electron chi connectivity index (χ1n) is 11.2. The Labute approximate surface area is 224 Å². The number of rotatable bonds is 10. The van der Waals surface area contributed by atoms with Gasteiger partial charge in [0.1, 0.15) is 12.3 Å². The Morgan fingerprint density at radius 2 is 1.76 bits per heavy atom. The quantitative estimate of drug-likeness (QED) is 0.215. The van der Waals surface area contributed by atoms with Crippen molar-refractivity contribution in [2.24, 2.45) is 0 Å². The summed E-state index contributed by atoms with van der Waals surface area (Å²) in [5.74, 6) is -0.977. The zero-order valence-electron chi connectivity index (χ0n) is 20.6. The van der Waals surface area contributed by atoms with E-state index in [0.717, 1.165) is 10.4 Å². The summed E-state index contributed by atoms with van der Waals surface area (Å²) < 4.78 is 38.2. The monoisotopic (exact) mass is 561 g/mol. The van der Waals surface area contributed by atoms with Gasteiger partial charge in [-0.1, -0.05) is 17.7 Å². The topological polar surface area (TPSA) is 145 Å². The molecule has 0 saturated heterocycles. The van der Waals surface area contributed by atoms with Crippen molar-refractivity contribution >= 4 is 50.6 Å². The summed E-state index contributed by atoms with van der Waals surface area (Å²) in [6.07, 6.45) is 0. The van der Waals surface area contributed by atoms with Gasteiger partial charge in [-0.2, -0.15) is 0 Å². The number of ether oxygens (including phenoxy) is 2. The second kappa shape index (κ2) is 11.9. The van der Waals surface area contributed by atoms with Gasteiger partial charge in [-0.3, -0.25) is 19.2 Å². The Balaban J connectivity index is 1.98. The minimum Gasteiger partial charge on any atom is -0.497 e. The fourth-order valence-corrected chi connectivity index (χ4v) is 5.07. The maximum Gasteiger partial charge on any atom is 0.339 e. The zero-order chi connectivity index (χ0) is 28.0. The highest BCUT2D eigenvalue weighted by atomic mass is 35.5. The van der Waals surface area contributed by atoms with Crippen LogP contribution in [0.4, 0.5) is 17.1 Å². The first kappa shape index (κ1) is 28.4. The van der Waals surface area contributed by atoms with E-state index >= 15 is 0 Å². The van der Waals surface area contributed by atoms with Crippen LogP contribution >= 0.6 is 11.6 Å². The third-order valence-corrected chi connectivity index (χ3v) is 7.46. The number of benzene rings is 3. The summed E-state index contributed by atoms with van der Waals surface area (Å²) in [7, 11) is -2.99. The number of nitrogens with one attached hydrogen (secondary N) is 1. The van der Waals surface area contributed by atoms with Crippen molar-refractivity contribution in [1.82, 2.24) is 0 Å². The van der Waals surface area contributed by atoms with Crippen LogP contribution in [0.5, 0.6) is 5.75 Å². The van der Waals surface area contributed by atoms with E-state index in [4.69, 9.17) is 21.1 Å². The fraction of sp³-hybridized carbons (Fsp3) is 0.200. The molecule has 1 N–H and O–H groups in total. The van der Waals surface area contributed by atoms with Gasteiger partial charge in [-0.15, -0.1) is 0 Å². The molecule has 0 aliphatic rings. The molecule has 1 amide bonds. The average molecular weight is 562 g/mol. The summed E-state index contributed by atoms with van der Waals surface area (Å²) in [5.41, 5.74) is 0.228. The van der Waals surface area contributed by atoms with Crippen molar-refractivity contribution in [2.45, 2.75) is 18.7 Å². The Morgan fingerprint density at radius 1 is 1.08 bits per heavy atom. The van der Waals surface area contributed by atoms with E-state index in [-0.39, 0.29) is 44.7 Å². The largest absolute Gasteiger partial charge is 0.497 e. The number of carbonyl (C=O) groups excluding carboxylic acids is 2. The molecule has 3 rings (SSSR count). The number of nitrogens with zero attached hydrogens (tertiary/aromatic N) is 2. The lowest BCUT2D eigenvalue weighted by Crippen LogP contribution is -2.38. The predicted molar refractivity (Wildman–Crippen MR) is 141 cm³/mol. The van der Waals surface area contributed by atoms with Crippen LogP contribution < -0.4 is 14.4 Å². The molecule has 3 aromatic carbocycles. The van der Waals surface area contributed by atoms with Gasteiger partial charge in [0.05, 0.1) is 39.8 Å². The van der Waals surface area contributed by atoms with E-state index < -0.39 is 33.4 Å². The Bertz CT molecular complexity index is 1480. The number of esters is 1. The number of methoxy groups -OCH3 is 1. The molecule has 0 bridgehead atoms. The number of aryl methyl sites for hydroxylation is 1. The fourth-order valence-electron chi connectivity index (χ4n) is 3.44. The van der Waals surface area contributed by atoms with Crippen molar-refractivity contribution in [3.05, 3.63) is 86.9 Å². The van der Waals surface area contributed by atoms with E-state index in [9.17, 15) is 28.1 Å². The third-order valence-electron chi connectivity index (χ3n) is 5.36. The molecule has 0 aromatic heterocycles. The van der Waals surface area contributed by atoms with Crippen molar-refractivity contribution in [2.75, 3.05) is 29.9 Å². The van der Waals surface area contributed by atoms with Crippen LogP contribution in [0.3, 0.4) is 0 Å². The maximum absolute atomic E-state index is 13.6. The average Bonchev–Trinajstić information content (AvgIpc) is 2.88. The van der Waals surface area contributed by atoms with Gasteiger partial charge >= 0.3 is 5.97 Å². The number of anilines is 2. The zero-order valence-corrected chi connectivity index (χ0v) is 22.2. The molecule has 13 heteroatoms. The lowest BCUT2D eigenvalue weighted by Gasteiger charge is -2.24. The van der Waals surface area contributed by atoms with Crippen LogP contribution in [0.25, 0.3) is 0 Å². The van der Waals surface area contributed by atoms with Gasteiger partial charge in [0.15, 0.2) is 0 Å². The SMILES string of the molecule is CCOC(=O)c1cc(NC(=O)CN(c2ccc(OC)cc2)S(=O)(=O)c2ccc(C)c([N+](=O)[O-])c2)ccc1Cl. The number of sulfonamides is 1. The van der Waals surface area contributed by atoms with Gasteiger partial charge < -0.3 is 14.8 Å². The summed E-state index contributed by atoms with van der Waals surface area (Å²) >= 11 is 6.07. The van der Waals surface area contributed by atoms with Crippen molar-refractivity contribution in [1.29, 1.82) is 0 Å². The van der Waals surface area contributed by atoms with Crippen molar-refractivity contribution < 1.29 is 32.4 Å². The second-order valence-electron chi connectivity index (χ2n) is 7.88. The molecule has 0 heterocycles. The van der Waals surface area contributed by atoms with Crippen LogP contribution in [0, 0.1) is 17.0 Å². The van der Waals surface area contributed by atoms with E-state index in [2.05, 4.69) is 5.32 Å². The molecular formula is C25H24ClN3O8S. The van der Waals surface area contributed by atoms with E-state index in [1.165, 1.54) is 68.6 Å². The molecule has 0 aliphatic carbocycles. The Morgan fingerprint density at radius 3 is 2.37 bits per heavy atom. The normalized spacial score (nSPS) is 10.9. The van der Waals surface area contributed by atoms with E-state index in [0.29, 0.717) is 5.75 Å². The van der Waals surface area contributed by atoms with Gasteiger partial charge in [-0.25, -0.2) is 13.2 Å². The highest BCUT2D eigenvalue weighted by Gasteiger charge is 2.29. The maximum atomic E-state index is 13.6. The number of halogens is 1. The molecule has 0 spiro atoms. The van der Waals surface area contributed by atoms with Crippen LogP contribution in [0.15, 0.2) is 65.6 Å². The lowest BCUT2D eigenvalue weighted by atomic mass is 10.2. The summed E-state index contributed by atoms with van der Waals surface area (Å²) in [5, 5.41) is 14.1. The second-order valence-corrected chi connectivity index (χ2v) is 10.1. The summed E-state index contributed by atoms with van der Waals surface area (Å²) in [4.78, 5) is 35.5. The Hall–Kier alpha value is -4.16. The van der Waals surface area contributed by atoms with Gasteiger partial charge in [0.2, 0.25) is 5.91 Å². The highest BCUT2D eigenvalue weighted by Crippen LogP contribution is 2.29. The molecule has 0 radical (unpaired) electrons. The molecule has 3 aromatic rings. The Kier molecular flexibility index (Phi) is 8.92. The molecule has 0 fully saturated rings. The molecule has 0 aliphatic heterocycles. The smallest absolute Gasteiger partial charge is 0.339 e. The van der Waals surface area contributed by atoms with Crippen LogP contribution in [-0.2, 0) is 19.6 Å². The summed E-state index contributed by atoms with van der Waals surface area (Å²) in [6, 6.07) is 13.6. The predicted octanol–water partition coefficient (Wildman–Crippen LogP) is 4.58. The highest BCUT2D eigenvalue weighted by molar-refractivity contribution is 7.92. The van der Waals surface area contributed by atoms with Crippen LogP contribution in [0.1, 0.15) is 22.8 Å².